The van der Waals surface area contributed by atoms with Crippen LogP contribution in [0, 0.1) is 0 Å². The van der Waals surface area contributed by atoms with Gasteiger partial charge in [-0.15, -0.1) is 0 Å². The van der Waals surface area contributed by atoms with Crippen molar-refractivity contribution in [3.05, 3.63) is 95.4 Å². The van der Waals surface area contributed by atoms with Gasteiger partial charge in [0.1, 0.15) is 11.3 Å². The summed E-state index contributed by atoms with van der Waals surface area (Å²) in [4.78, 5) is 4.97. The maximum Gasteiger partial charge on any atom is 0.134 e. The third-order valence-electron chi connectivity index (χ3n) is 8.02. The maximum atomic E-state index is 6.54. The van der Waals surface area contributed by atoms with Crippen LogP contribution < -0.4 is 5.19 Å². The van der Waals surface area contributed by atoms with Gasteiger partial charge < -0.3 is 4.42 Å². The zero-order valence-corrected chi connectivity index (χ0v) is 23.9. The molecule has 5 aromatic rings. The van der Waals surface area contributed by atoms with Crippen LogP contribution >= 0.6 is 0 Å². The van der Waals surface area contributed by atoms with E-state index >= 15 is 0 Å². The SMILES string of the molecule is CC(C)c1cc(-c2nccc3c2C(C)(C)C(c2cc4ccc([Si](C)(C)C)cc4o2)=C3)cc2ccccc12. The largest absolute Gasteiger partial charge is 0.456 e. The molecule has 0 saturated heterocycles. The van der Waals surface area contributed by atoms with Gasteiger partial charge in [0, 0.05) is 28.1 Å². The van der Waals surface area contributed by atoms with Crippen LogP contribution in [0.5, 0.6) is 0 Å². The summed E-state index contributed by atoms with van der Waals surface area (Å²) < 4.78 is 6.54. The minimum absolute atomic E-state index is 0.238. The Bertz CT molecular complexity index is 1710. The Balaban J connectivity index is 1.48. The number of hydrogen-bond donors (Lipinski definition) is 0. The second kappa shape index (κ2) is 8.29. The van der Waals surface area contributed by atoms with Crippen LogP contribution in [-0.4, -0.2) is 13.1 Å². The maximum absolute atomic E-state index is 6.54. The summed E-state index contributed by atoms with van der Waals surface area (Å²) in [5.41, 5.74) is 8.09. The van der Waals surface area contributed by atoms with Crippen LogP contribution in [0.4, 0.5) is 0 Å². The topological polar surface area (TPSA) is 26.0 Å². The molecule has 37 heavy (non-hydrogen) atoms. The van der Waals surface area contributed by atoms with Gasteiger partial charge in [-0.1, -0.05) is 88.9 Å². The predicted octanol–water partition coefficient (Wildman–Crippen LogP) is 9.15. The number of furan rings is 1. The molecule has 0 unspecified atom stereocenters. The van der Waals surface area contributed by atoms with Crippen molar-refractivity contribution in [2.45, 2.75) is 58.7 Å². The van der Waals surface area contributed by atoms with Crippen molar-refractivity contribution in [1.29, 1.82) is 0 Å². The Labute approximate surface area is 221 Å². The van der Waals surface area contributed by atoms with Crippen LogP contribution in [-0.2, 0) is 5.41 Å². The van der Waals surface area contributed by atoms with Crippen LogP contribution in [0.15, 0.2) is 77.3 Å². The summed E-state index contributed by atoms with van der Waals surface area (Å²) in [5, 5.41) is 5.18. The summed E-state index contributed by atoms with van der Waals surface area (Å²) in [6.45, 7) is 16.3. The molecule has 3 heteroatoms. The van der Waals surface area contributed by atoms with Crippen molar-refractivity contribution in [3.8, 4) is 11.3 Å². The molecule has 0 N–H and O–H groups in total. The van der Waals surface area contributed by atoms with E-state index in [4.69, 9.17) is 9.40 Å². The van der Waals surface area contributed by atoms with Crippen molar-refractivity contribution in [1.82, 2.24) is 4.98 Å². The first-order chi connectivity index (χ1) is 17.5. The molecular formula is C34H35NOSi. The molecule has 1 aliphatic rings. The molecule has 0 saturated carbocycles. The second-order valence-corrected chi connectivity index (χ2v) is 17.4. The summed E-state index contributed by atoms with van der Waals surface area (Å²) in [5.74, 6) is 1.39. The Kier molecular flexibility index (Phi) is 5.36. The van der Waals surface area contributed by atoms with Gasteiger partial charge in [0.2, 0.25) is 0 Å². The fraction of sp³-hybridized carbons (Fsp3) is 0.265. The summed E-state index contributed by atoms with van der Waals surface area (Å²) in [6.07, 6.45) is 4.26. The molecule has 0 fully saturated rings. The molecule has 0 amide bonds. The zero-order valence-electron chi connectivity index (χ0n) is 22.9. The van der Waals surface area contributed by atoms with E-state index in [0.29, 0.717) is 5.92 Å². The normalized spacial score (nSPS) is 15.0. The minimum Gasteiger partial charge on any atom is -0.456 e. The van der Waals surface area contributed by atoms with E-state index in [1.807, 2.05) is 6.20 Å². The lowest BCUT2D eigenvalue weighted by atomic mass is 9.78. The summed E-state index contributed by atoms with van der Waals surface area (Å²) in [6, 6.07) is 24.5. The van der Waals surface area contributed by atoms with Gasteiger partial charge in [-0.2, -0.15) is 0 Å². The number of pyridine rings is 1. The number of rotatable bonds is 4. The number of benzene rings is 3. The standard InChI is InChI=1S/C34H35NOSi/c1-21(2)28-17-25(16-22-10-8-9-11-27(22)28)33-32-24(14-15-35-33)18-29(34(32,3)4)31-19-23-12-13-26(37(5,6)7)20-30(23)36-31/h8-21H,1-7H3. The first-order valence-corrected chi connectivity index (χ1v) is 16.8. The van der Waals surface area contributed by atoms with Gasteiger partial charge in [0.25, 0.3) is 0 Å². The monoisotopic (exact) mass is 501 g/mol. The first-order valence-electron chi connectivity index (χ1n) is 13.3. The lowest BCUT2D eigenvalue weighted by molar-refractivity contribution is 0.577. The molecule has 3 aromatic carbocycles. The van der Waals surface area contributed by atoms with Gasteiger partial charge >= 0.3 is 0 Å². The fourth-order valence-corrected chi connectivity index (χ4v) is 7.05. The van der Waals surface area contributed by atoms with Crippen LogP contribution in [0.3, 0.4) is 0 Å². The Hall–Kier alpha value is -3.43. The van der Waals surface area contributed by atoms with Crippen LogP contribution in [0.2, 0.25) is 19.6 Å². The third kappa shape index (κ3) is 3.88. The molecule has 0 aliphatic heterocycles. The highest BCUT2D eigenvalue weighted by Gasteiger charge is 2.38. The molecule has 2 nitrogen and oxygen atoms in total. The number of fused-ring (bicyclic) bond motifs is 3. The first kappa shape index (κ1) is 23.9. The average Bonchev–Trinajstić information content (AvgIpc) is 3.40. The lowest BCUT2D eigenvalue weighted by Gasteiger charge is -2.26. The van der Waals surface area contributed by atoms with Crippen molar-refractivity contribution < 1.29 is 4.42 Å². The zero-order chi connectivity index (χ0) is 26.1. The molecule has 186 valence electrons. The molecule has 1 aliphatic carbocycles. The van der Waals surface area contributed by atoms with Gasteiger partial charge in [-0.25, -0.2) is 0 Å². The molecule has 6 rings (SSSR count). The van der Waals surface area contributed by atoms with Crippen molar-refractivity contribution in [2.24, 2.45) is 0 Å². The highest BCUT2D eigenvalue weighted by molar-refractivity contribution is 6.88. The quantitative estimate of drug-likeness (QED) is 0.229. The number of nitrogens with zero attached hydrogens (tertiary/aromatic N) is 1. The smallest absolute Gasteiger partial charge is 0.134 e. The number of allylic oxidation sites excluding steroid dienone is 1. The molecular weight excluding hydrogens is 466 g/mol. The highest BCUT2D eigenvalue weighted by Crippen LogP contribution is 2.50. The van der Waals surface area contributed by atoms with Crippen molar-refractivity contribution >= 4 is 46.7 Å². The van der Waals surface area contributed by atoms with E-state index < -0.39 is 8.07 Å². The Morgan fingerprint density at radius 1 is 0.865 bits per heavy atom. The Morgan fingerprint density at radius 3 is 2.41 bits per heavy atom. The average molecular weight is 502 g/mol. The number of hydrogen-bond acceptors (Lipinski definition) is 2. The van der Waals surface area contributed by atoms with E-state index in [1.54, 1.807) is 0 Å². The van der Waals surface area contributed by atoms with Gasteiger partial charge in [-0.3, -0.25) is 4.98 Å². The minimum atomic E-state index is -1.41. The van der Waals surface area contributed by atoms with E-state index in [-0.39, 0.29) is 5.41 Å². The Morgan fingerprint density at radius 2 is 1.65 bits per heavy atom. The summed E-state index contributed by atoms with van der Waals surface area (Å²) >= 11 is 0. The van der Waals surface area contributed by atoms with E-state index in [2.05, 4.69) is 120 Å². The van der Waals surface area contributed by atoms with Gasteiger partial charge in [0.15, 0.2) is 0 Å². The molecule has 2 heterocycles. The van der Waals surface area contributed by atoms with E-state index in [1.165, 1.54) is 49.2 Å². The van der Waals surface area contributed by atoms with Crippen LogP contribution in [0.25, 0.3) is 44.6 Å². The molecule has 0 spiro atoms. The van der Waals surface area contributed by atoms with Crippen LogP contribution in [0.1, 0.15) is 56.1 Å². The van der Waals surface area contributed by atoms with Gasteiger partial charge in [0.05, 0.1) is 13.8 Å². The highest BCUT2D eigenvalue weighted by atomic mass is 28.3. The van der Waals surface area contributed by atoms with Gasteiger partial charge in [-0.05, 0) is 69.8 Å². The summed E-state index contributed by atoms with van der Waals surface area (Å²) in [7, 11) is -1.41. The molecule has 0 radical (unpaired) electrons. The molecule has 2 aromatic heterocycles. The number of aromatic nitrogens is 1. The molecule has 0 atom stereocenters. The predicted molar refractivity (Wildman–Crippen MR) is 161 cm³/mol. The second-order valence-electron chi connectivity index (χ2n) is 12.4. The van der Waals surface area contributed by atoms with E-state index in [0.717, 1.165) is 17.0 Å². The van der Waals surface area contributed by atoms with E-state index in [9.17, 15) is 0 Å². The van der Waals surface area contributed by atoms with Crippen molar-refractivity contribution in [3.63, 3.8) is 0 Å². The third-order valence-corrected chi connectivity index (χ3v) is 10.1. The lowest BCUT2D eigenvalue weighted by Crippen LogP contribution is -2.37. The fourth-order valence-electron chi connectivity index (χ4n) is 5.91. The van der Waals surface area contributed by atoms with Crippen molar-refractivity contribution in [2.75, 3.05) is 0 Å². The molecule has 0 bridgehead atoms.